The molecule has 1 N–H and O–H groups in total. The number of benzene rings is 1. The van der Waals surface area contributed by atoms with Crippen LogP contribution < -0.4 is 0 Å². The van der Waals surface area contributed by atoms with Gasteiger partial charge in [0.1, 0.15) is 0 Å². The zero-order valence-corrected chi connectivity index (χ0v) is 10.2. The zero-order chi connectivity index (χ0) is 12.0. The molecule has 1 aromatic carbocycles. The van der Waals surface area contributed by atoms with Crippen molar-refractivity contribution < 1.29 is 13.5 Å². The van der Waals surface area contributed by atoms with E-state index in [4.69, 9.17) is 5.11 Å². The molecule has 0 bridgehead atoms. The molecule has 5 heteroatoms. The van der Waals surface area contributed by atoms with E-state index in [9.17, 15) is 8.42 Å². The molecule has 0 saturated carbocycles. The largest absolute Gasteiger partial charge is 0.396 e. The van der Waals surface area contributed by atoms with Crippen molar-refractivity contribution in [2.75, 3.05) is 19.4 Å². The third-order valence-corrected chi connectivity index (χ3v) is 3.49. The maximum atomic E-state index is 11.5. The molecule has 0 radical (unpaired) electrons. The normalized spacial score (nSPS) is 11.9. The summed E-state index contributed by atoms with van der Waals surface area (Å²) in [6.07, 6.45) is 1.65. The van der Waals surface area contributed by atoms with Gasteiger partial charge in [0.05, 0.1) is 6.26 Å². The Kier molecular flexibility index (Phi) is 4.92. The van der Waals surface area contributed by atoms with Gasteiger partial charge in [-0.3, -0.25) is 0 Å². The van der Waals surface area contributed by atoms with E-state index in [-0.39, 0.29) is 6.61 Å². The molecular weight excluding hydrogens is 226 g/mol. The second-order valence-corrected chi connectivity index (χ2v) is 5.64. The van der Waals surface area contributed by atoms with E-state index in [1.54, 1.807) is 0 Å². The van der Waals surface area contributed by atoms with Crippen molar-refractivity contribution in [3.05, 3.63) is 35.9 Å². The van der Waals surface area contributed by atoms with Crippen LogP contribution in [-0.4, -0.2) is 37.2 Å². The number of sulfonamides is 1. The Balaban J connectivity index is 2.72. The summed E-state index contributed by atoms with van der Waals surface area (Å²) in [6, 6.07) is 9.42. The summed E-state index contributed by atoms with van der Waals surface area (Å²) in [5.41, 5.74) is 0.950. The molecule has 0 amide bonds. The van der Waals surface area contributed by atoms with Crippen LogP contribution in [0, 0.1) is 0 Å². The molecule has 0 fully saturated rings. The summed E-state index contributed by atoms with van der Waals surface area (Å²) in [7, 11) is -3.21. The summed E-state index contributed by atoms with van der Waals surface area (Å²) in [5, 5.41) is 8.73. The summed E-state index contributed by atoms with van der Waals surface area (Å²) < 4.78 is 24.3. The first-order valence-corrected chi connectivity index (χ1v) is 6.99. The highest BCUT2D eigenvalue weighted by Crippen LogP contribution is 2.08. The van der Waals surface area contributed by atoms with Gasteiger partial charge in [-0.2, -0.15) is 4.31 Å². The van der Waals surface area contributed by atoms with Gasteiger partial charge in [-0.1, -0.05) is 30.3 Å². The Labute approximate surface area is 96.6 Å². The average Bonchev–Trinajstić information content (AvgIpc) is 2.24. The minimum absolute atomic E-state index is 0.000803. The van der Waals surface area contributed by atoms with Crippen LogP contribution in [0.25, 0.3) is 0 Å². The SMILES string of the molecule is CS(=O)(=O)N(CCCO)Cc1ccccc1. The molecule has 0 spiro atoms. The van der Waals surface area contributed by atoms with Gasteiger partial charge in [-0.25, -0.2) is 8.42 Å². The summed E-state index contributed by atoms with van der Waals surface area (Å²) in [5.74, 6) is 0. The molecule has 0 aromatic heterocycles. The topological polar surface area (TPSA) is 57.6 Å². The van der Waals surface area contributed by atoms with E-state index in [1.165, 1.54) is 10.6 Å². The van der Waals surface area contributed by atoms with Gasteiger partial charge >= 0.3 is 0 Å². The number of rotatable bonds is 6. The van der Waals surface area contributed by atoms with Crippen LogP contribution in [0.1, 0.15) is 12.0 Å². The predicted molar refractivity (Wildman–Crippen MR) is 63.4 cm³/mol. The van der Waals surface area contributed by atoms with Gasteiger partial charge in [0.15, 0.2) is 0 Å². The molecule has 0 aliphatic carbocycles. The molecule has 0 unspecified atom stereocenters. The van der Waals surface area contributed by atoms with Crippen LogP contribution in [0.4, 0.5) is 0 Å². The lowest BCUT2D eigenvalue weighted by atomic mass is 10.2. The van der Waals surface area contributed by atoms with Crippen molar-refractivity contribution in [1.82, 2.24) is 4.31 Å². The fourth-order valence-corrected chi connectivity index (χ4v) is 2.24. The van der Waals surface area contributed by atoms with Crippen LogP contribution >= 0.6 is 0 Å². The first-order chi connectivity index (χ1) is 7.54. The molecular formula is C11H17NO3S. The summed E-state index contributed by atoms with van der Waals surface area (Å²) >= 11 is 0. The monoisotopic (exact) mass is 243 g/mol. The first kappa shape index (κ1) is 13.2. The minimum Gasteiger partial charge on any atom is -0.396 e. The fourth-order valence-electron chi connectivity index (χ4n) is 1.40. The maximum Gasteiger partial charge on any atom is 0.211 e. The molecule has 0 saturated heterocycles. The summed E-state index contributed by atoms with van der Waals surface area (Å²) in [6.45, 7) is 0.713. The van der Waals surface area contributed by atoms with Crippen LogP contribution in [0.5, 0.6) is 0 Å². The molecule has 1 aromatic rings. The van der Waals surface area contributed by atoms with Crippen molar-refractivity contribution in [3.8, 4) is 0 Å². The molecule has 0 aliphatic rings. The Morgan fingerprint density at radius 3 is 2.38 bits per heavy atom. The van der Waals surface area contributed by atoms with Gasteiger partial charge in [0.25, 0.3) is 0 Å². The second kappa shape index (κ2) is 5.98. The third kappa shape index (κ3) is 4.30. The van der Waals surface area contributed by atoms with Crippen LogP contribution in [0.2, 0.25) is 0 Å². The van der Waals surface area contributed by atoms with Gasteiger partial charge < -0.3 is 5.11 Å². The molecule has 0 atom stereocenters. The van der Waals surface area contributed by atoms with E-state index in [0.717, 1.165) is 5.56 Å². The zero-order valence-electron chi connectivity index (χ0n) is 9.33. The average molecular weight is 243 g/mol. The highest BCUT2D eigenvalue weighted by Gasteiger charge is 2.15. The lowest BCUT2D eigenvalue weighted by Crippen LogP contribution is -2.30. The van der Waals surface area contributed by atoms with E-state index >= 15 is 0 Å². The smallest absolute Gasteiger partial charge is 0.211 e. The Morgan fingerprint density at radius 2 is 1.88 bits per heavy atom. The number of nitrogens with zero attached hydrogens (tertiary/aromatic N) is 1. The molecule has 0 aliphatic heterocycles. The van der Waals surface area contributed by atoms with Gasteiger partial charge in [0.2, 0.25) is 10.0 Å². The van der Waals surface area contributed by atoms with Crippen LogP contribution in [-0.2, 0) is 16.6 Å². The number of aliphatic hydroxyl groups is 1. The van der Waals surface area contributed by atoms with Crippen LogP contribution in [0.3, 0.4) is 0 Å². The maximum absolute atomic E-state index is 11.5. The van der Waals surface area contributed by atoms with Crippen molar-refractivity contribution in [1.29, 1.82) is 0 Å². The second-order valence-electron chi connectivity index (χ2n) is 3.66. The third-order valence-electron chi connectivity index (χ3n) is 2.24. The Bertz CT molecular complexity index is 402. The van der Waals surface area contributed by atoms with E-state index in [0.29, 0.717) is 19.5 Å². The van der Waals surface area contributed by atoms with Gasteiger partial charge in [-0.15, -0.1) is 0 Å². The molecule has 1 rings (SSSR count). The predicted octanol–water partition coefficient (Wildman–Crippen LogP) is 0.831. The lowest BCUT2D eigenvalue weighted by Gasteiger charge is -2.19. The summed E-state index contributed by atoms with van der Waals surface area (Å²) in [4.78, 5) is 0. The molecule has 4 nitrogen and oxygen atoms in total. The van der Waals surface area contributed by atoms with Crippen LogP contribution in [0.15, 0.2) is 30.3 Å². The number of hydrogen-bond donors (Lipinski definition) is 1. The van der Waals surface area contributed by atoms with E-state index in [1.807, 2.05) is 30.3 Å². The Morgan fingerprint density at radius 1 is 1.25 bits per heavy atom. The molecule has 90 valence electrons. The molecule has 16 heavy (non-hydrogen) atoms. The molecule has 0 heterocycles. The lowest BCUT2D eigenvalue weighted by molar-refractivity contribution is 0.268. The van der Waals surface area contributed by atoms with Crippen molar-refractivity contribution in [2.24, 2.45) is 0 Å². The Hall–Kier alpha value is -0.910. The highest BCUT2D eigenvalue weighted by molar-refractivity contribution is 7.88. The minimum atomic E-state index is -3.21. The first-order valence-electron chi connectivity index (χ1n) is 5.14. The standard InChI is InChI=1S/C11H17NO3S/c1-16(14,15)12(8-5-9-13)10-11-6-3-2-4-7-11/h2-4,6-7,13H,5,8-10H2,1H3. The van der Waals surface area contributed by atoms with Crippen molar-refractivity contribution in [2.45, 2.75) is 13.0 Å². The quantitative estimate of drug-likeness (QED) is 0.805. The van der Waals surface area contributed by atoms with E-state index in [2.05, 4.69) is 0 Å². The van der Waals surface area contributed by atoms with Crippen molar-refractivity contribution >= 4 is 10.0 Å². The van der Waals surface area contributed by atoms with Crippen molar-refractivity contribution in [3.63, 3.8) is 0 Å². The van der Waals surface area contributed by atoms with Gasteiger partial charge in [0, 0.05) is 19.7 Å². The highest BCUT2D eigenvalue weighted by atomic mass is 32.2. The number of hydrogen-bond acceptors (Lipinski definition) is 3. The fraction of sp³-hybridized carbons (Fsp3) is 0.455. The number of aliphatic hydroxyl groups excluding tert-OH is 1. The van der Waals surface area contributed by atoms with E-state index < -0.39 is 10.0 Å². The van der Waals surface area contributed by atoms with Gasteiger partial charge in [-0.05, 0) is 12.0 Å².